The van der Waals surface area contributed by atoms with E-state index in [4.69, 9.17) is 16.6 Å². The largest absolute Gasteiger partial charge is 0.394 e. The van der Waals surface area contributed by atoms with Gasteiger partial charge in [0.25, 0.3) is 0 Å². The molecule has 0 aliphatic heterocycles. The van der Waals surface area contributed by atoms with Crippen LogP contribution in [0.4, 0.5) is 0 Å². The summed E-state index contributed by atoms with van der Waals surface area (Å²) in [6, 6.07) is 0. The van der Waals surface area contributed by atoms with Crippen molar-refractivity contribution in [2.75, 3.05) is 6.61 Å². The first kappa shape index (κ1) is 18.6. The molecule has 3 atom stereocenters. The lowest BCUT2D eigenvalue weighted by Gasteiger charge is -2.21. The van der Waals surface area contributed by atoms with Crippen LogP contribution in [0.2, 0.25) is 0 Å². The first-order valence-corrected chi connectivity index (χ1v) is 5.97. The van der Waals surface area contributed by atoms with Gasteiger partial charge >= 0.3 is 0 Å². The lowest BCUT2D eigenvalue weighted by molar-refractivity contribution is -0.0549. The number of hydrogen-bond acceptors (Lipinski definition) is 8. The van der Waals surface area contributed by atoms with Gasteiger partial charge in [-0.05, 0) is 24.4 Å². The fraction of sp³-hybridized carbons (Fsp3) is 0.500. The summed E-state index contributed by atoms with van der Waals surface area (Å²) >= 11 is 9.02. The van der Waals surface area contributed by atoms with E-state index in [9.17, 15) is 15.3 Å². The topological polar surface area (TPSA) is 182 Å². The van der Waals surface area contributed by atoms with Crippen molar-refractivity contribution in [1.82, 2.24) is 10.9 Å². The first-order chi connectivity index (χ1) is 9.29. The molecular formula is C8H16N6O4S2. The van der Waals surface area contributed by atoms with E-state index >= 15 is 0 Å². The van der Waals surface area contributed by atoms with E-state index in [1.807, 2.05) is 0 Å². The fourth-order valence-electron chi connectivity index (χ4n) is 0.946. The molecule has 0 saturated heterocycles. The standard InChI is InChI=1S/C8H16N6O4S2/c9-7(19)13-11-1-3(12-14-8(10)20)5(17)6(18)4(16)2-15/h1,4-6,15-18H,2H2,(H3,9,13,19)(H3,10,14,20). The molecular weight excluding hydrogens is 308 g/mol. The first-order valence-electron chi connectivity index (χ1n) is 5.16. The zero-order valence-electron chi connectivity index (χ0n) is 10.2. The van der Waals surface area contributed by atoms with Crippen LogP contribution in [0.1, 0.15) is 0 Å². The van der Waals surface area contributed by atoms with Crippen molar-refractivity contribution in [3.63, 3.8) is 0 Å². The number of nitrogens with one attached hydrogen (secondary N) is 2. The summed E-state index contributed by atoms with van der Waals surface area (Å²) in [6.07, 6.45) is -3.97. The third kappa shape index (κ3) is 7.22. The predicted molar refractivity (Wildman–Crippen MR) is 80.9 cm³/mol. The minimum Gasteiger partial charge on any atom is -0.394 e. The normalized spacial score (nSPS) is 16.5. The Morgan fingerprint density at radius 1 is 1.15 bits per heavy atom. The summed E-state index contributed by atoms with van der Waals surface area (Å²) in [5.41, 5.74) is 14.4. The van der Waals surface area contributed by atoms with Gasteiger partial charge in [0.05, 0.1) is 12.8 Å². The highest BCUT2D eigenvalue weighted by Gasteiger charge is 2.27. The molecule has 10 N–H and O–H groups in total. The fourth-order valence-corrected chi connectivity index (χ4v) is 1.04. The Kier molecular flexibility index (Phi) is 8.78. The van der Waals surface area contributed by atoms with Gasteiger partial charge in [-0.3, -0.25) is 10.9 Å². The molecule has 0 spiro atoms. The lowest BCUT2D eigenvalue weighted by atomic mass is 10.0. The van der Waals surface area contributed by atoms with E-state index in [0.717, 1.165) is 6.21 Å². The molecule has 0 aliphatic carbocycles. The van der Waals surface area contributed by atoms with E-state index in [-0.39, 0.29) is 15.9 Å². The van der Waals surface area contributed by atoms with Gasteiger partial charge in [0, 0.05) is 0 Å². The van der Waals surface area contributed by atoms with Crippen LogP contribution in [0.15, 0.2) is 10.2 Å². The van der Waals surface area contributed by atoms with Crippen LogP contribution >= 0.6 is 24.4 Å². The summed E-state index contributed by atoms with van der Waals surface area (Å²) in [6.45, 7) is -0.753. The predicted octanol–water partition coefficient (Wildman–Crippen LogP) is -3.93. The van der Waals surface area contributed by atoms with Crippen LogP contribution < -0.4 is 22.3 Å². The van der Waals surface area contributed by atoms with Crippen molar-refractivity contribution in [3.8, 4) is 0 Å². The molecule has 0 heterocycles. The van der Waals surface area contributed by atoms with Crippen LogP contribution in [-0.2, 0) is 0 Å². The third-order valence-corrected chi connectivity index (χ3v) is 2.06. The van der Waals surface area contributed by atoms with E-state index in [1.165, 1.54) is 0 Å². The van der Waals surface area contributed by atoms with Gasteiger partial charge in [-0.15, -0.1) is 0 Å². The van der Waals surface area contributed by atoms with Crippen LogP contribution in [0.5, 0.6) is 0 Å². The average Bonchev–Trinajstić information content (AvgIpc) is 2.39. The second-order valence-corrected chi connectivity index (χ2v) is 4.31. The molecule has 0 amide bonds. The molecule has 0 radical (unpaired) electrons. The van der Waals surface area contributed by atoms with Gasteiger partial charge in [0.2, 0.25) is 0 Å². The maximum Gasteiger partial charge on any atom is 0.184 e. The van der Waals surface area contributed by atoms with Crippen LogP contribution in [-0.4, -0.2) is 67.5 Å². The number of rotatable bonds is 7. The molecule has 0 fully saturated rings. The second kappa shape index (κ2) is 9.46. The number of hydrazone groups is 2. The number of nitrogens with zero attached hydrogens (tertiary/aromatic N) is 2. The van der Waals surface area contributed by atoms with Crippen LogP contribution in [0.3, 0.4) is 0 Å². The highest BCUT2D eigenvalue weighted by atomic mass is 32.1. The Bertz CT molecular complexity index is 404. The van der Waals surface area contributed by atoms with Crippen molar-refractivity contribution in [2.24, 2.45) is 21.7 Å². The SMILES string of the molecule is NC(=S)NN=CC(=NNC(N)=S)C(O)C(O)C(O)CO. The summed E-state index contributed by atoms with van der Waals surface area (Å²) < 4.78 is 0. The van der Waals surface area contributed by atoms with Crippen LogP contribution in [0.25, 0.3) is 0 Å². The van der Waals surface area contributed by atoms with Crippen molar-refractivity contribution < 1.29 is 20.4 Å². The molecule has 20 heavy (non-hydrogen) atoms. The third-order valence-electron chi connectivity index (χ3n) is 1.87. The summed E-state index contributed by atoms with van der Waals surface area (Å²) in [5, 5.41) is 44.1. The number of aliphatic hydroxyl groups excluding tert-OH is 4. The summed E-state index contributed by atoms with van der Waals surface area (Å²) in [4.78, 5) is 0. The number of thiocarbonyl (C=S) groups is 2. The molecule has 0 aromatic heterocycles. The molecule has 0 rings (SSSR count). The molecule has 0 aliphatic rings. The Morgan fingerprint density at radius 2 is 1.70 bits per heavy atom. The van der Waals surface area contributed by atoms with Gasteiger partial charge in [-0.2, -0.15) is 10.2 Å². The second-order valence-electron chi connectivity index (χ2n) is 3.43. The molecule has 0 saturated carbocycles. The summed E-state index contributed by atoms with van der Waals surface area (Å²) in [7, 11) is 0. The molecule has 114 valence electrons. The van der Waals surface area contributed by atoms with Crippen molar-refractivity contribution >= 4 is 46.6 Å². The van der Waals surface area contributed by atoms with Gasteiger partial charge in [-0.1, -0.05) is 0 Å². The van der Waals surface area contributed by atoms with Crippen molar-refractivity contribution in [1.29, 1.82) is 0 Å². The van der Waals surface area contributed by atoms with E-state index in [0.29, 0.717) is 0 Å². The quantitative estimate of drug-likeness (QED) is 0.131. The molecule has 3 unspecified atom stereocenters. The van der Waals surface area contributed by atoms with Gasteiger partial charge in [-0.25, -0.2) is 0 Å². The number of aliphatic hydroxyl groups is 4. The average molecular weight is 324 g/mol. The van der Waals surface area contributed by atoms with Crippen molar-refractivity contribution in [2.45, 2.75) is 18.3 Å². The molecule has 12 heteroatoms. The maximum atomic E-state index is 9.80. The van der Waals surface area contributed by atoms with E-state index < -0.39 is 24.9 Å². The van der Waals surface area contributed by atoms with E-state index in [1.54, 1.807) is 0 Å². The number of hydrogen-bond donors (Lipinski definition) is 8. The number of nitrogens with two attached hydrogens (primary N) is 2. The minimum atomic E-state index is -1.71. The Morgan fingerprint density at radius 3 is 2.15 bits per heavy atom. The van der Waals surface area contributed by atoms with E-state index in [2.05, 4.69) is 45.5 Å². The lowest BCUT2D eigenvalue weighted by Crippen LogP contribution is -2.45. The molecule has 0 aromatic carbocycles. The minimum absolute atomic E-state index is 0.131. The van der Waals surface area contributed by atoms with Gasteiger partial charge in [0.15, 0.2) is 10.2 Å². The molecule has 10 nitrogen and oxygen atoms in total. The highest BCUT2D eigenvalue weighted by molar-refractivity contribution is 7.80. The Labute approximate surface area is 125 Å². The van der Waals surface area contributed by atoms with Crippen LogP contribution in [0, 0.1) is 0 Å². The zero-order chi connectivity index (χ0) is 15.7. The van der Waals surface area contributed by atoms with Gasteiger partial charge < -0.3 is 31.9 Å². The monoisotopic (exact) mass is 324 g/mol. The maximum absolute atomic E-state index is 9.80. The Hall–Kier alpha value is -1.44. The Balaban J connectivity index is 5.00. The smallest absolute Gasteiger partial charge is 0.184 e. The molecule has 0 bridgehead atoms. The molecule has 0 aromatic rings. The van der Waals surface area contributed by atoms with Crippen molar-refractivity contribution in [3.05, 3.63) is 0 Å². The summed E-state index contributed by atoms with van der Waals surface area (Å²) in [5.74, 6) is 0. The van der Waals surface area contributed by atoms with Gasteiger partial charge in [0.1, 0.15) is 24.0 Å². The zero-order valence-corrected chi connectivity index (χ0v) is 11.8. The highest BCUT2D eigenvalue weighted by Crippen LogP contribution is 2.01.